The molecule has 2 N–H and O–H groups in total. The summed E-state index contributed by atoms with van der Waals surface area (Å²) in [5, 5.41) is 16.3. The fraction of sp³-hybridized carbons (Fsp3) is 0.333. The molecule has 0 bridgehead atoms. The van der Waals surface area contributed by atoms with Gasteiger partial charge >= 0.3 is 0 Å². The Morgan fingerprint density at radius 1 is 1.44 bits per heavy atom. The Balaban J connectivity index is 1.80. The van der Waals surface area contributed by atoms with Gasteiger partial charge in [-0.3, -0.25) is 0 Å². The van der Waals surface area contributed by atoms with E-state index in [1.54, 1.807) is 6.92 Å². The van der Waals surface area contributed by atoms with Gasteiger partial charge in [-0.2, -0.15) is 4.98 Å². The van der Waals surface area contributed by atoms with Crippen molar-refractivity contribution in [2.45, 2.75) is 19.9 Å². The van der Waals surface area contributed by atoms with E-state index in [-0.39, 0.29) is 11.6 Å². The minimum absolute atomic E-state index is 0.0811. The molecule has 0 atom stereocenters. The normalized spacial score (nSPS) is 10.8. The zero-order valence-corrected chi connectivity index (χ0v) is 9.98. The van der Waals surface area contributed by atoms with E-state index in [1.165, 1.54) is 18.2 Å². The highest BCUT2D eigenvalue weighted by molar-refractivity contribution is 5.32. The van der Waals surface area contributed by atoms with Crippen LogP contribution < -0.4 is 5.32 Å². The number of phenolic OH excluding ortho intramolecular Hbond substituents is 1. The van der Waals surface area contributed by atoms with Crippen LogP contribution in [0.5, 0.6) is 5.75 Å². The first-order valence-corrected chi connectivity index (χ1v) is 5.62. The Morgan fingerprint density at radius 3 is 3.00 bits per heavy atom. The molecule has 0 saturated carbocycles. The van der Waals surface area contributed by atoms with Crippen molar-refractivity contribution >= 4 is 0 Å². The second kappa shape index (κ2) is 5.59. The number of hydrogen-bond donors (Lipinski definition) is 2. The van der Waals surface area contributed by atoms with Gasteiger partial charge in [0.25, 0.3) is 0 Å². The number of aromatic nitrogens is 2. The van der Waals surface area contributed by atoms with Gasteiger partial charge in [0.15, 0.2) is 5.82 Å². The molecule has 0 aliphatic carbocycles. The first-order chi connectivity index (χ1) is 8.65. The summed E-state index contributed by atoms with van der Waals surface area (Å²) in [6, 6.07) is 3.87. The number of nitrogens with zero attached hydrogens (tertiary/aromatic N) is 2. The molecule has 0 spiro atoms. The highest BCUT2D eigenvalue weighted by Crippen LogP contribution is 2.17. The van der Waals surface area contributed by atoms with Crippen LogP contribution >= 0.6 is 0 Å². The molecule has 2 rings (SSSR count). The van der Waals surface area contributed by atoms with Crippen molar-refractivity contribution < 1.29 is 14.0 Å². The van der Waals surface area contributed by atoms with Crippen molar-refractivity contribution in [3.05, 3.63) is 41.3 Å². The van der Waals surface area contributed by atoms with Crippen LogP contribution in [0.15, 0.2) is 22.7 Å². The number of aromatic hydroxyl groups is 1. The monoisotopic (exact) mass is 251 g/mol. The number of hydrogen-bond acceptors (Lipinski definition) is 5. The van der Waals surface area contributed by atoms with Gasteiger partial charge in [-0.1, -0.05) is 5.16 Å². The van der Waals surface area contributed by atoms with Crippen molar-refractivity contribution in [3.63, 3.8) is 0 Å². The molecule has 0 amide bonds. The van der Waals surface area contributed by atoms with Crippen molar-refractivity contribution in [2.24, 2.45) is 0 Å². The smallest absolute Gasteiger partial charge is 0.227 e. The molecule has 6 heteroatoms. The minimum Gasteiger partial charge on any atom is -0.508 e. The Kier molecular flexibility index (Phi) is 3.88. The van der Waals surface area contributed by atoms with Gasteiger partial charge in [-0.25, -0.2) is 4.39 Å². The van der Waals surface area contributed by atoms with Gasteiger partial charge in [0.2, 0.25) is 5.89 Å². The van der Waals surface area contributed by atoms with E-state index in [0.717, 1.165) is 0 Å². The van der Waals surface area contributed by atoms with Gasteiger partial charge in [0.05, 0.1) is 0 Å². The zero-order chi connectivity index (χ0) is 13.0. The average molecular weight is 251 g/mol. The summed E-state index contributed by atoms with van der Waals surface area (Å²) < 4.78 is 17.9. The number of nitrogens with one attached hydrogen (secondary N) is 1. The van der Waals surface area contributed by atoms with Gasteiger partial charge in [-0.05, 0) is 25.1 Å². The third-order valence-corrected chi connectivity index (χ3v) is 2.44. The van der Waals surface area contributed by atoms with Gasteiger partial charge < -0.3 is 14.9 Å². The van der Waals surface area contributed by atoms with Crippen LogP contribution in [0.3, 0.4) is 0 Å². The van der Waals surface area contributed by atoms with E-state index >= 15 is 0 Å². The second-order valence-corrected chi connectivity index (χ2v) is 3.94. The molecule has 0 aliphatic rings. The summed E-state index contributed by atoms with van der Waals surface area (Å²) in [6.45, 7) is 2.75. The standard InChI is InChI=1S/C12H14FN3O2/c1-8-15-12(18-16-8)4-5-14-7-9-6-10(13)2-3-11(9)17/h2-3,6,14,17H,4-5,7H2,1H3. The Hall–Kier alpha value is -1.95. The van der Waals surface area contributed by atoms with Gasteiger partial charge in [0.1, 0.15) is 11.6 Å². The Morgan fingerprint density at radius 2 is 2.28 bits per heavy atom. The molecule has 96 valence electrons. The molecule has 0 fully saturated rings. The summed E-state index contributed by atoms with van der Waals surface area (Å²) in [5.74, 6) is 0.880. The van der Waals surface area contributed by atoms with Crippen molar-refractivity contribution in [3.8, 4) is 5.75 Å². The molecule has 1 aromatic heterocycles. The third kappa shape index (κ3) is 3.27. The fourth-order valence-electron chi connectivity index (χ4n) is 1.56. The molecule has 5 nitrogen and oxygen atoms in total. The molecule has 1 aromatic carbocycles. The Labute approximate surface area is 104 Å². The second-order valence-electron chi connectivity index (χ2n) is 3.94. The number of halogens is 1. The lowest BCUT2D eigenvalue weighted by molar-refractivity contribution is 0.372. The Bertz CT molecular complexity index is 528. The molecule has 18 heavy (non-hydrogen) atoms. The van der Waals surface area contributed by atoms with Crippen LogP contribution in [0.4, 0.5) is 4.39 Å². The predicted molar refractivity (Wildman–Crippen MR) is 62.5 cm³/mol. The van der Waals surface area contributed by atoms with Crippen molar-refractivity contribution in [1.82, 2.24) is 15.5 Å². The number of rotatable bonds is 5. The van der Waals surface area contributed by atoms with Crippen LogP contribution in [-0.2, 0) is 13.0 Å². The van der Waals surface area contributed by atoms with Crippen LogP contribution in [0, 0.1) is 12.7 Å². The van der Waals surface area contributed by atoms with Crippen molar-refractivity contribution in [2.75, 3.05) is 6.54 Å². The summed E-state index contributed by atoms with van der Waals surface area (Å²) in [4.78, 5) is 4.06. The molecular formula is C12H14FN3O2. The maximum atomic E-state index is 13.0. The van der Waals surface area contributed by atoms with Gasteiger partial charge in [0, 0.05) is 25.1 Å². The molecule has 0 radical (unpaired) electrons. The summed E-state index contributed by atoms with van der Waals surface area (Å²) in [5.41, 5.74) is 0.525. The average Bonchev–Trinajstić information content (AvgIpc) is 2.75. The van der Waals surface area contributed by atoms with E-state index in [1.807, 2.05) is 0 Å². The molecule has 0 unspecified atom stereocenters. The highest BCUT2D eigenvalue weighted by Gasteiger charge is 2.04. The van der Waals surface area contributed by atoms with Crippen LogP contribution in [0.2, 0.25) is 0 Å². The summed E-state index contributed by atoms with van der Waals surface area (Å²) >= 11 is 0. The lowest BCUT2D eigenvalue weighted by Crippen LogP contribution is -2.17. The van der Waals surface area contributed by atoms with Crippen LogP contribution in [-0.4, -0.2) is 21.8 Å². The SMILES string of the molecule is Cc1noc(CCNCc2cc(F)ccc2O)n1. The highest BCUT2D eigenvalue weighted by atomic mass is 19.1. The van der Waals surface area contributed by atoms with E-state index in [0.29, 0.717) is 36.8 Å². The maximum Gasteiger partial charge on any atom is 0.227 e. The van der Waals surface area contributed by atoms with Crippen molar-refractivity contribution in [1.29, 1.82) is 0 Å². The number of phenols is 1. The molecular weight excluding hydrogens is 237 g/mol. The minimum atomic E-state index is -0.364. The quantitative estimate of drug-likeness (QED) is 0.789. The first-order valence-electron chi connectivity index (χ1n) is 5.62. The molecule has 2 aromatic rings. The molecule has 0 aliphatic heterocycles. The van der Waals surface area contributed by atoms with E-state index in [4.69, 9.17) is 4.52 Å². The van der Waals surface area contributed by atoms with Gasteiger partial charge in [-0.15, -0.1) is 0 Å². The lowest BCUT2D eigenvalue weighted by atomic mass is 10.2. The summed E-state index contributed by atoms with van der Waals surface area (Å²) in [6.07, 6.45) is 0.594. The molecule has 0 saturated heterocycles. The molecule has 1 heterocycles. The number of benzene rings is 1. The largest absolute Gasteiger partial charge is 0.508 e. The summed E-state index contributed by atoms with van der Waals surface area (Å²) in [7, 11) is 0. The predicted octanol–water partition coefficient (Wildman–Crippen LogP) is 1.56. The first kappa shape index (κ1) is 12.5. The topological polar surface area (TPSA) is 71.2 Å². The van der Waals surface area contributed by atoms with E-state index in [2.05, 4.69) is 15.5 Å². The maximum absolute atomic E-state index is 13.0. The van der Waals surface area contributed by atoms with Crippen LogP contribution in [0.25, 0.3) is 0 Å². The lowest BCUT2D eigenvalue weighted by Gasteiger charge is -2.05. The van der Waals surface area contributed by atoms with E-state index in [9.17, 15) is 9.50 Å². The van der Waals surface area contributed by atoms with Crippen LogP contribution in [0.1, 0.15) is 17.3 Å². The third-order valence-electron chi connectivity index (χ3n) is 2.44. The fourth-order valence-corrected chi connectivity index (χ4v) is 1.56. The zero-order valence-electron chi connectivity index (χ0n) is 9.98. The van der Waals surface area contributed by atoms with E-state index < -0.39 is 0 Å². The number of aryl methyl sites for hydroxylation is 1.